The number of sulfone groups is 1. The molecule has 1 unspecified atom stereocenters. The fraction of sp³-hybridized carbons (Fsp3) is 1.00. The molecular formula is C3H7NO3S. The summed E-state index contributed by atoms with van der Waals surface area (Å²) in [5.41, 5.74) is -1.32. The van der Waals surface area contributed by atoms with E-state index in [1.807, 2.05) is 0 Å². The lowest BCUT2D eigenvalue weighted by atomic mass is 10.8. The van der Waals surface area contributed by atoms with Gasteiger partial charge in [-0.3, -0.25) is 5.32 Å². The number of hydrogen-bond acceptors (Lipinski definition) is 4. The third-order valence-electron chi connectivity index (χ3n) is 1.05. The van der Waals surface area contributed by atoms with Crippen molar-refractivity contribution in [2.75, 3.05) is 12.3 Å². The molecule has 5 heteroatoms. The first-order valence-corrected chi connectivity index (χ1v) is 3.97. The number of hydrogen-bond donors (Lipinski definition) is 2. The maximum absolute atomic E-state index is 10.4. The maximum Gasteiger partial charge on any atom is 0.209 e. The molecule has 1 atom stereocenters. The second kappa shape index (κ2) is 1.68. The Morgan fingerprint density at radius 3 is 2.38 bits per heavy atom. The first kappa shape index (κ1) is 6.00. The Kier molecular flexibility index (Phi) is 1.26. The Morgan fingerprint density at radius 1 is 1.62 bits per heavy atom. The maximum atomic E-state index is 10.4. The fourth-order valence-corrected chi connectivity index (χ4v) is 1.56. The normalized spacial score (nSPS) is 35.4. The Labute approximate surface area is 47.4 Å². The van der Waals surface area contributed by atoms with Gasteiger partial charge in [0, 0.05) is 6.54 Å². The summed E-state index contributed by atoms with van der Waals surface area (Å²) in [4.78, 5) is 0. The zero-order chi connectivity index (χ0) is 6.20. The molecule has 0 amide bonds. The second-order valence-corrected chi connectivity index (χ2v) is 3.85. The standard InChI is InChI=1S/C3H7NO3S/c5-3-4-1-2-8(3,6)7/h3-5H,1-2H2. The predicted molar refractivity (Wildman–Crippen MR) is 27.8 cm³/mol. The Morgan fingerprint density at radius 2 is 2.25 bits per heavy atom. The van der Waals surface area contributed by atoms with E-state index in [2.05, 4.69) is 5.32 Å². The average molecular weight is 137 g/mol. The molecule has 0 saturated carbocycles. The van der Waals surface area contributed by atoms with Gasteiger partial charge < -0.3 is 5.11 Å². The fourth-order valence-electron chi connectivity index (χ4n) is 0.563. The zero-order valence-corrected chi connectivity index (χ0v) is 4.98. The van der Waals surface area contributed by atoms with Gasteiger partial charge in [-0.15, -0.1) is 0 Å². The van der Waals surface area contributed by atoms with Crippen molar-refractivity contribution < 1.29 is 13.5 Å². The molecular weight excluding hydrogens is 130 g/mol. The van der Waals surface area contributed by atoms with Crippen LogP contribution in [0.4, 0.5) is 0 Å². The molecule has 48 valence electrons. The van der Waals surface area contributed by atoms with E-state index < -0.39 is 15.4 Å². The molecule has 0 bridgehead atoms. The van der Waals surface area contributed by atoms with Gasteiger partial charge in [-0.1, -0.05) is 0 Å². The van der Waals surface area contributed by atoms with Crippen LogP contribution in [-0.2, 0) is 9.84 Å². The topological polar surface area (TPSA) is 66.4 Å². The summed E-state index contributed by atoms with van der Waals surface area (Å²) in [6, 6.07) is 0. The summed E-state index contributed by atoms with van der Waals surface area (Å²) in [6.07, 6.45) is 0. The molecule has 0 aromatic heterocycles. The van der Waals surface area contributed by atoms with Crippen molar-refractivity contribution in [3.63, 3.8) is 0 Å². The van der Waals surface area contributed by atoms with E-state index in [0.29, 0.717) is 6.54 Å². The van der Waals surface area contributed by atoms with Crippen molar-refractivity contribution in [1.82, 2.24) is 5.32 Å². The Balaban J connectivity index is 2.85. The van der Waals surface area contributed by atoms with Crippen LogP contribution >= 0.6 is 0 Å². The molecule has 0 aromatic rings. The Hall–Kier alpha value is -0.130. The van der Waals surface area contributed by atoms with Crippen LogP contribution in [0.5, 0.6) is 0 Å². The molecule has 2 N–H and O–H groups in total. The lowest BCUT2D eigenvalue weighted by Gasteiger charge is -1.96. The van der Waals surface area contributed by atoms with E-state index in [9.17, 15) is 8.42 Å². The van der Waals surface area contributed by atoms with Gasteiger partial charge >= 0.3 is 0 Å². The van der Waals surface area contributed by atoms with Crippen LogP contribution < -0.4 is 5.32 Å². The van der Waals surface area contributed by atoms with Gasteiger partial charge in [0.25, 0.3) is 0 Å². The van der Waals surface area contributed by atoms with E-state index in [0.717, 1.165) is 0 Å². The third kappa shape index (κ3) is 0.841. The second-order valence-electron chi connectivity index (χ2n) is 1.67. The molecule has 0 spiro atoms. The van der Waals surface area contributed by atoms with Gasteiger partial charge in [-0.25, -0.2) is 8.42 Å². The SMILES string of the molecule is O=S1(=O)CCNC1O. The highest BCUT2D eigenvalue weighted by Gasteiger charge is 2.27. The van der Waals surface area contributed by atoms with Crippen LogP contribution in [0, 0.1) is 0 Å². The van der Waals surface area contributed by atoms with Gasteiger partial charge in [0.2, 0.25) is 5.56 Å². The van der Waals surface area contributed by atoms with Crippen molar-refractivity contribution in [1.29, 1.82) is 0 Å². The van der Waals surface area contributed by atoms with Crippen LogP contribution in [0.15, 0.2) is 0 Å². The average Bonchev–Trinajstić information content (AvgIpc) is 1.86. The number of aliphatic hydroxyl groups is 1. The van der Waals surface area contributed by atoms with Crippen LogP contribution in [0.2, 0.25) is 0 Å². The zero-order valence-electron chi connectivity index (χ0n) is 4.16. The van der Waals surface area contributed by atoms with Crippen LogP contribution in [0.25, 0.3) is 0 Å². The molecule has 8 heavy (non-hydrogen) atoms. The highest BCUT2D eigenvalue weighted by atomic mass is 32.2. The van der Waals surface area contributed by atoms with Crippen LogP contribution in [0.3, 0.4) is 0 Å². The summed E-state index contributed by atoms with van der Waals surface area (Å²) in [5.74, 6) is 0.0498. The minimum Gasteiger partial charge on any atom is -0.365 e. The monoisotopic (exact) mass is 137 g/mol. The predicted octanol–water partition coefficient (Wildman–Crippen LogP) is -1.72. The summed E-state index contributed by atoms with van der Waals surface area (Å²) in [5, 5.41) is 10.9. The first-order chi connectivity index (χ1) is 3.63. The summed E-state index contributed by atoms with van der Waals surface area (Å²) in [6.45, 7) is 0.365. The molecule has 4 nitrogen and oxygen atoms in total. The van der Waals surface area contributed by atoms with E-state index in [-0.39, 0.29) is 5.75 Å². The highest BCUT2D eigenvalue weighted by Crippen LogP contribution is 2.00. The van der Waals surface area contributed by atoms with Crippen molar-refractivity contribution in [2.24, 2.45) is 0 Å². The number of nitrogens with one attached hydrogen (secondary N) is 1. The quantitative estimate of drug-likeness (QED) is 0.417. The van der Waals surface area contributed by atoms with Crippen molar-refractivity contribution in [2.45, 2.75) is 5.56 Å². The van der Waals surface area contributed by atoms with Gasteiger partial charge in [-0.05, 0) is 0 Å². The molecule has 1 fully saturated rings. The lowest BCUT2D eigenvalue weighted by Crippen LogP contribution is -2.25. The first-order valence-electron chi connectivity index (χ1n) is 2.26. The Bertz CT molecular complexity index is 173. The number of rotatable bonds is 0. The largest absolute Gasteiger partial charge is 0.365 e. The van der Waals surface area contributed by atoms with Crippen molar-refractivity contribution in [3.8, 4) is 0 Å². The lowest BCUT2D eigenvalue weighted by molar-refractivity contribution is 0.226. The van der Waals surface area contributed by atoms with E-state index in [1.165, 1.54) is 0 Å². The molecule has 1 saturated heterocycles. The van der Waals surface area contributed by atoms with Crippen molar-refractivity contribution >= 4 is 9.84 Å². The summed E-state index contributed by atoms with van der Waals surface area (Å²) >= 11 is 0. The molecule has 0 aromatic carbocycles. The van der Waals surface area contributed by atoms with Crippen molar-refractivity contribution in [3.05, 3.63) is 0 Å². The van der Waals surface area contributed by atoms with E-state index >= 15 is 0 Å². The van der Waals surface area contributed by atoms with Gasteiger partial charge in [0.05, 0.1) is 5.75 Å². The molecule has 1 heterocycles. The molecule has 1 aliphatic heterocycles. The minimum atomic E-state index is -3.18. The highest BCUT2D eigenvalue weighted by molar-refractivity contribution is 7.92. The minimum absolute atomic E-state index is 0.0498. The van der Waals surface area contributed by atoms with Gasteiger partial charge in [0.15, 0.2) is 9.84 Å². The van der Waals surface area contributed by atoms with Gasteiger partial charge in [-0.2, -0.15) is 0 Å². The van der Waals surface area contributed by atoms with E-state index in [4.69, 9.17) is 5.11 Å². The smallest absolute Gasteiger partial charge is 0.209 e. The van der Waals surface area contributed by atoms with Crippen LogP contribution in [0.1, 0.15) is 0 Å². The molecule has 0 aliphatic carbocycles. The summed E-state index contributed by atoms with van der Waals surface area (Å²) < 4.78 is 20.9. The molecule has 1 aliphatic rings. The molecule has 0 radical (unpaired) electrons. The van der Waals surface area contributed by atoms with Gasteiger partial charge in [0.1, 0.15) is 0 Å². The van der Waals surface area contributed by atoms with Crippen LogP contribution in [-0.4, -0.2) is 31.4 Å². The molecule has 1 rings (SSSR count). The third-order valence-corrected chi connectivity index (χ3v) is 2.67. The summed E-state index contributed by atoms with van der Waals surface area (Å²) in [7, 11) is -3.18. The number of aliphatic hydroxyl groups excluding tert-OH is 1. The van der Waals surface area contributed by atoms with E-state index in [1.54, 1.807) is 0 Å².